The topological polar surface area (TPSA) is 46.8 Å². The van der Waals surface area contributed by atoms with Crippen LogP contribution in [0.15, 0.2) is 48.7 Å². The summed E-state index contributed by atoms with van der Waals surface area (Å²) in [6, 6.07) is 13.2. The quantitative estimate of drug-likeness (QED) is 0.674. The van der Waals surface area contributed by atoms with Gasteiger partial charge in [0.25, 0.3) is 0 Å². The first kappa shape index (κ1) is 15.1. The van der Waals surface area contributed by atoms with Crippen LogP contribution >= 0.6 is 0 Å². The molecular weight excluding hydrogens is 290 g/mol. The second-order valence-electron chi connectivity index (χ2n) is 5.58. The minimum atomic E-state index is 0.200. The lowest BCUT2D eigenvalue weighted by molar-refractivity contribution is -0.106. The largest absolute Gasteiger partial charge is 0.497 e. The van der Waals surface area contributed by atoms with Crippen LogP contribution in [0.4, 0.5) is 11.5 Å². The SMILES string of the molecule is COc1ccc(N(C=O)c2c(C(C)C)nc3ccccn23)cc1. The average molecular weight is 309 g/mol. The van der Waals surface area contributed by atoms with E-state index < -0.39 is 0 Å². The van der Waals surface area contributed by atoms with Crippen molar-refractivity contribution >= 4 is 23.6 Å². The third-order valence-corrected chi connectivity index (χ3v) is 3.76. The maximum Gasteiger partial charge on any atom is 0.219 e. The number of methoxy groups -OCH3 is 1. The van der Waals surface area contributed by atoms with E-state index in [4.69, 9.17) is 4.74 Å². The number of amides is 1. The normalized spacial score (nSPS) is 11.0. The lowest BCUT2D eigenvalue weighted by Gasteiger charge is -2.20. The van der Waals surface area contributed by atoms with E-state index in [1.807, 2.05) is 53.1 Å². The number of fused-ring (bicyclic) bond motifs is 1. The Morgan fingerprint density at radius 2 is 1.91 bits per heavy atom. The number of anilines is 2. The summed E-state index contributed by atoms with van der Waals surface area (Å²) in [6.45, 7) is 4.14. The molecule has 0 fully saturated rings. The Labute approximate surface area is 135 Å². The van der Waals surface area contributed by atoms with Gasteiger partial charge in [0.2, 0.25) is 6.41 Å². The van der Waals surface area contributed by atoms with Crippen LogP contribution in [0.25, 0.3) is 5.65 Å². The van der Waals surface area contributed by atoms with Gasteiger partial charge in [-0.05, 0) is 42.3 Å². The highest BCUT2D eigenvalue weighted by Crippen LogP contribution is 2.33. The molecule has 0 aliphatic heterocycles. The fraction of sp³-hybridized carbons (Fsp3) is 0.222. The molecule has 0 saturated carbocycles. The number of aromatic nitrogens is 2. The number of carbonyl (C=O) groups is 1. The van der Waals surface area contributed by atoms with Gasteiger partial charge in [0, 0.05) is 6.20 Å². The van der Waals surface area contributed by atoms with Crippen molar-refractivity contribution in [3.63, 3.8) is 0 Å². The molecule has 0 atom stereocenters. The van der Waals surface area contributed by atoms with Gasteiger partial charge in [-0.2, -0.15) is 0 Å². The van der Waals surface area contributed by atoms with Crippen molar-refractivity contribution in [3.05, 3.63) is 54.4 Å². The van der Waals surface area contributed by atoms with E-state index in [0.717, 1.165) is 35.0 Å². The number of hydrogen-bond donors (Lipinski definition) is 0. The molecule has 2 heterocycles. The highest BCUT2D eigenvalue weighted by molar-refractivity contribution is 5.87. The van der Waals surface area contributed by atoms with E-state index in [0.29, 0.717) is 0 Å². The van der Waals surface area contributed by atoms with E-state index in [9.17, 15) is 4.79 Å². The minimum Gasteiger partial charge on any atom is -0.497 e. The number of benzene rings is 1. The Morgan fingerprint density at radius 3 is 2.52 bits per heavy atom. The van der Waals surface area contributed by atoms with Crippen molar-refractivity contribution in [2.45, 2.75) is 19.8 Å². The number of nitrogens with zero attached hydrogens (tertiary/aromatic N) is 3. The fourth-order valence-electron chi connectivity index (χ4n) is 2.60. The minimum absolute atomic E-state index is 0.200. The molecule has 0 bridgehead atoms. The fourth-order valence-corrected chi connectivity index (χ4v) is 2.60. The van der Waals surface area contributed by atoms with Crippen LogP contribution < -0.4 is 9.64 Å². The summed E-state index contributed by atoms with van der Waals surface area (Å²) in [5.41, 5.74) is 2.49. The van der Waals surface area contributed by atoms with Gasteiger partial charge in [-0.3, -0.25) is 14.1 Å². The molecule has 0 aliphatic carbocycles. The lowest BCUT2D eigenvalue weighted by Crippen LogP contribution is -2.18. The van der Waals surface area contributed by atoms with Crippen molar-refractivity contribution in [3.8, 4) is 5.75 Å². The molecule has 5 heteroatoms. The van der Waals surface area contributed by atoms with Gasteiger partial charge in [-0.25, -0.2) is 4.98 Å². The summed E-state index contributed by atoms with van der Waals surface area (Å²) in [6.07, 6.45) is 2.74. The van der Waals surface area contributed by atoms with Crippen LogP contribution in [0.1, 0.15) is 25.5 Å². The number of rotatable bonds is 5. The molecule has 118 valence electrons. The smallest absolute Gasteiger partial charge is 0.219 e. The number of imidazole rings is 1. The Balaban J connectivity index is 2.18. The highest BCUT2D eigenvalue weighted by Gasteiger charge is 2.21. The van der Waals surface area contributed by atoms with E-state index in [1.54, 1.807) is 12.0 Å². The maximum atomic E-state index is 11.8. The molecule has 3 aromatic rings. The van der Waals surface area contributed by atoms with Crippen molar-refractivity contribution in [2.75, 3.05) is 12.0 Å². The molecule has 0 spiro atoms. The molecular formula is C18H19N3O2. The summed E-state index contributed by atoms with van der Waals surface area (Å²) in [4.78, 5) is 18.1. The zero-order chi connectivity index (χ0) is 16.4. The van der Waals surface area contributed by atoms with Crippen LogP contribution in [0.5, 0.6) is 5.75 Å². The van der Waals surface area contributed by atoms with Crippen molar-refractivity contribution in [1.29, 1.82) is 0 Å². The van der Waals surface area contributed by atoms with Crippen LogP contribution in [-0.4, -0.2) is 22.9 Å². The Kier molecular flexibility index (Phi) is 4.02. The van der Waals surface area contributed by atoms with Gasteiger partial charge in [0.15, 0.2) is 0 Å². The highest BCUT2D eigenvalue weighted by atomic mass is 16.5. The van der Waals surface area contributed by atoms with Crippen LogP contribution in [0.3, 0.4) is 0 Å². The monoisotopic (exact) mass is 309 g/mol. The van der Waals surface area contributed by atoms with E-state index in [1.165, 1.54) is 0 Å². The first-order valence-corrected chi connectivity index (χ1v) is 7.51. The van der Waals surface area contributed by atoms with E-state index in [-0.39, 0.29) is 5.92 Å². The summed E-state index contributed by atoms with van der Waals surface area (Å²) >= 11 is 0. The summed E-state index contributed by atoms with van der Waals surface area (Å²) in [5.74, 6) is 1.73. The van der Waals surface area contributed by atoms with Gasteiger partial charge < -0.3 is 4.74 Å². The molecule has 1 amide bonds. The van der Waals surface area contributed by atoms with Gasteiger partial charge in [-0.15, -0.1) is 0 Å². The molecule has 3 rings (SSSR count). The van der Waals surface area contributed by atoms with Gasteiger partial charge in [0.05, 0.1) is 18.5 Å². The number of pyridine rings is 1. The second kappa shape index (κ2) is 6.12. The van der Waals surface area contributed by atoms with Crippen LogP contribution in [0.2, 0.25) is 0 Å². The molecule has 0 saturated heterocycles. The zero-order valence-electron chi connectivity index (χ0n) is 13.4. The zero-order valence-corrected chi connectivity index (χ0v) is 13.4. The lowest BCUT2D eigenvalue weighted by atomic mass is 10.1. The van der Waals surface area contributed by atoms with Gasteiger partial charge in [-0.1, -0.05) is 19.9 Å². The van der Waals surface area contributed by atoms with E-state index in [2.05, 4.69) is 18.8 Å². The molecule has 0 N–H and O–H groups in total. The third kappa shape index (κ3) is 2.65. The summed E-state index contributed by atoms with van der Waals surface area (Å²) < 4.78 is 7.12. The Hall–Kier alpha value is -2.82. The van der Waals surface area contributed by atoms with Crippen LogP contribution in [0, 0.1) is 0 Å². The second-order valence-corrected chi connectivity index (χ2v) is 5.58. The molecule has 0 unspecified atom stereocenters. The van der Waals surface area contributed by atoms with E-state index >= 15 is 0 Å². The number of carbonyl (C=O) groups excluding carboxylic acids is 1. The van der Waals surface area contributed by atoms with Crippen LogP contribution in [-0.2, 0) is 4.79 Å². The molecule has 1 aromatic carbocycles. The van der Waals surface area contributed by atoms with Crippen molar-refractivity contribution in [1.82, 2.24) is 9.38 Å². The van der Waals surface area contributed by atoms with Crippen molar-refractivity contribution < 1.29 is 9.53 Å². The number of ether oxygens (including phenoxy) is 1. The maximum absolute atomic E-state index is 11.8. The Bertz CT molecular complexity index is 822. The molecule has 23 heavy (non-hydrogen) atoms. The standard InChI is InChI=1S/C18H19N3O2/c1-13(2)17-18(20-11-5-4-6-16(20)19-17)21(12-22)14-7-9-15(23-3)10-8-14/h4-13H,1-3H3. The molecule has 5 nitrogen and oxygen atoms in total. The Morgan fingerprint density at radius 1 is 1.17 bits per heavy atom. The predicted molar refractivity (Wildman–Crippen MR) is 90.5 cm³/mol. The number of hydrogen-bond acceptors (Lipinski definition) is 3. The predicted octanol–water partition coefficient (Wildman–Crippen LogP) is 3.76. The molecule has 0 radical (unpaired) electrons. The third-order valence-electron chi connectivity index (χ3n) is 3.76. The first-order chi connectivity index (χ1) is 11.2. The van der Waals surface area contributed by atoms with Gasteiger partial charge >= 0.3 is 0 Å². The summed E-state index contributed by atoms with van der Waals surface area (Å²) in [7, 11) is 1.62. The van der Waals surface area contributed by atoms with Gasteiger partial charge in [0.1, 0.15) is 17.2 Å². The summed E-state index contributed by atoms with van der Waals surface area (Å²) in [5, 5.41) is 0. The van der Waals surface area contributed by atoms with Crippen molar-refractivity contribution in [2.24, 2.45) is 0 Å². The molecule has 0 aliphatic rings. The average Bonchev–Trinajstić information content (AvgIpc) is 2.96. The first-order valence-electron chi connectivity index (χ1n) is 7.51. The molecule has 2 aromatic heterocycles.